The highest BCUT2D eigenvalue weighted by Crippen LogP contribution is 2.27. The van der Waals surface area contributed by atoms with Gasteiger partial charge in [-0.3, -0.25) is 10.1 Å². The van der Waals surface area contributed by atoms with E-state index in [2.05, 4.69) is 0 Å². The average molecular weight is 273 g/mol. The van der Waals surface area contributed by atoms with Gasteiger partial charge in [0, 0.05) is 12.1 Å². The predicted molar refractivity (Wildman–Crippen MR) is 74.0 cm³/mol. The van der Waals surface area contributed by atoms with Crippen LogP contribution in [0.3, 0.4) is 0 Å². The Labute approximate surface area is 115 Å². The maximum Gasteiger partial charge on any atom is 0.311 e. The molecule has 0 heterocycles. The highest BCUT2D eigenvalue weighted by Gasteiger charge is 2.15. The van der Waals surface area contributed by atoms with E-state index in [1.807, 2.05) is 36.4 Å². The van der Waals surface area contributed by atoms with E-state index in [9.17, 15) is 14.5 Å². The Bertz CT molecular complexity index is 626. The third kappa shape index (κ3) is 3.65. The van der Waals surface area contributed by atoms with Gasteiger partial charge in [0.15, 0.2) is 5.75 Å². The summed E-state index contributed by atoms with van der Waals surface area (Å²) in [6, 6.07) is 12.7. The fourth-order valence-corrected chi connectivity index (χ4v) is 1.64. The van der Waals surface area contributed by atoms with Crippen LogP contribution < -0.4 is 4.74 Å². The highest BCUT2D eigenvalue weighted by molar-refractivity contribution is 5.49. The Hall–Kier alpha value is -2.69. The lowest BCUT2D eigenvalue weighted by Crippen LogP contribution is -1.98. The quantitative estimate of drug-likeness (QED) is 0.614. The van der Waals surface area contributed by atoms with E-state index in [1.54, 1.807) is 6.08 Å². The molecular weight excluding hydrogens is 261 g/mol. The summed E-state index contributed by atoms with van der Waals surface area (Å²) < 4.78 is 18.3. The van der Waals surface area contributed by atoms with Crippen LogP contribution in [0.15, 0.2) is 54.6 Å². The molecule has 0 aliphatic carbocycles. The lowest BCUT2D eigenvalue weighted by atomic mass is 10.2. The molecule has 0 bridgehead atoms. The number of halogens is 1. The molecule has 0 spiro atoms. The van der Waals surface area contributed by atoms with Crippen molar-refractivity contribution >= 4 is 11.8 Å². The van der Waals surface area contributed by atoms with Gasteiger partial charge >= 0.3 is 5.69 Å². The molecule has 0 fully saturated rings. The van der Waals surface area contributed by atoms with Gasteiger partial charge in [-0.25, -0.2) is 4.39 Å². The average Bonchev–Trinajstić information content (AvgIpc) is 2.44. The molecule has 2 rings (SSSR count). The third-order valence-electron chi connectivity index (χ3n) is 2.56. The zero-order chi connectivity index (χ0) is 14.4. The largest absolute Gasteiger partial charge is 0.482 e. The monoisotopic (exact) mass is 273 g/mol. The summed E-state index contributed by atoms with van der Waals surface area (Å²) in [5.41, 5.74) is 0.740. The summed E-state index contributed by atoms with van der Waals surface area (Å²) >= 11 is 0. The molecule has 0 atom stereocenters. The van der Waals surface area contributed by atoms with Crippen LogP contribution in [0, 0.1) is 15.9 Å². The molecule has 0 amide bonds. The molecule has 0 saturated heterocycles. The fraction of sp³-hybridized carbons (Fsp3) is 0.0667. The molecule has 0 aliphatic rings. The standard InChI is InChI=1S/C15H12FNO3/c16-13-8-9-14(17(18)19)15(11-13)20-10-4-7-12-5-2-1-3-6-12/h1-9,11H,10H2/b7-4+. The smallest absolute Gasteiger partial charge is 0.311 e. The Morgan fingerprint density at radius 2 is 1.95 bits per heavy atom. The summed E-state index contributed by atoms with van der Waals surface area (Å²) in [4.78, 5) is 10.2. The maximum atomic E-state index is 13.1. The minimum absolute atomic E-state index is 0.0762. The van der Waals surface area contributed by atoms with Crippen LogP contribution in [0.5, 0.6) is 5.75 Å². The first kappa shape index (κ1) is 13.7. The number of ether oxygens (including phenoxy) is 1. The second-order valence-electron chi connectivity index (χ2n) is 3.99. The number of nitrogens with zero attached hydrogens (tertiary/aromatic N) is 1. The van der Waals surface area contributed by atoms with Crippen LogP contribution >= 0.6 is 0 Å². The molecule has 2 aromatic rings. The van der Waals surface area contributed by atoms with Gasteiger partial charge in [0.25, 0.3) is 0 Å². The molecule has 0 unspecified atom stereocenters. The third-order valence-corrected chi connectivity index (χ3v) is 2.56. The Morgan fingerprint density at radius 3 is 2.65 bits per heavy atom. The minimum atomic E-state index is -0.602. The van der Waals surface area contributed by atoms with Crippen LogP contribution in [0.25, 0.3) is 6.08 Å². The Balaban J connectivity index is 2.02. The van der Waals surface area contributed by atoms with Gasteiger partial charge in [0.2, 0.25) is 0 Å². The van der Waals surface area contributed by atoms with E-state index in [0.29, 0.717) is 0 Å². The van der Waals surface area contributed by atoms with Gasteiger partial charge < -0.3 is 4.74 Å². The van der Waals surface area contributed by atoms with E-state index < -0.39 is 10.7 Å². The Kier molecular flexibility index (Phi) is 4.44. The molecule has 0 N–H and O–H groups in total. The lowest BCUT2D eigenvalue weighted by Gasteiger charge is -2.04. The van der Waals surface area contributed by atoms with E-state index in [1.165, 1.54) is 0 Å². The van der Waals surface area contributed by atoms with Gasteiger partial charge in [-0.05, 0) is 17.7 Å². The van der Waals surface area contributed by atoms with Crippen LogP contribution in [-0.4, -0.2) is 11.5 Å². The number of rotatable bonds is 5. The second-order valence-corrected chi connectivity index (χ2v) is 3.99. The van der Waals surface area contributed by atoms with Crippen molar-refractivity contribution in [2.45, 2.75) is 0 Å². The van der Waals surface area contributed by atoms with Crippen molar-refractivity contribution in [3.8, 4) is 5.75 Å². The highest BCUT2D eigenvalue weighted by atomic mass is 19.1. The van der Waals surface area contributed by atoms with Crippen LogP contribution in [0.1, 0.15) is 5.56 Å². The number of benzene rings is 2. The predicted octanol–water partition coefficient (Wildman–Crippen LogP) is 3.83. The number of hydrogen-bond acceptors (Lipinski definition) is 3. The van der Waals surface area contributed by atoms with Crippen LogP contribution in [0.4, 0.5) is 10.1 Å². The first-order chi connectivity index (χ1) is 9.66. The van der Waals surface area contributed by atoms with E-state index in [4.69, 9.17) is 4.74 Å². The molecule has 20 heavy (non-hydrogen) atoms. The molecule has 2 aromatic carbocycles. The van der Waals surface area contributed by atoms with Gasteiger partial charge in [-0.15, -0.1) is 0 Å². The number of nitro groups is 1. The van der Waals surface area contributed by atoms with Crippen molar-refractivity contribution in [1.29, 1.82) is 0 Å². The fourth-order valence-electron chi connectivity index (χ4n) is 1.64. The maximum absolute atomic E-state index is 13.1. The van der Waals surface area contributed by atoms with Gasteiger partial charge in [-0.2, -0.15) is 0 Å². The molecule has 0 saturated carbocycles. The van der Waals surface area contributed by atoms with Gasteiger partial charge in [-0.1, -0.05) is 36.4 Å². The molecule has 0 radical (unpaired) electrons. The van der Waals surface area contributed by atoms with Crippen molar-refractivity contribution in [2.75, 3.05) is 6.61 Å². The van der Waals surface area contributed by atoms with Gasteiger partial charge in [0.05, 0.1) is 4.92 Å². The molecule has 0 aromatic heterocycles. The molecule has 5 heteroatoms. The first-order valence-electron chi connectivity index (χ1n) is 5.95. The minimum Gasteiger partial charge on any atom is -0.482 e. The summed E-state index contributed by atoms with van der Waals surface area (Å²) in [5.74, 6) is -0.648. The molecular formula is C15H12FNO3. The van der Waals surface area contributed by atoms with Crippen molar-refractivity contribution in [3.05, 3.63) is 76.1 Å². The number of hydrogen-bond donors (Lipinski definition) is 0. The summed E-state index contributed by atoms with van der Waals surface area (Å²) in [7, 11) is 0. The normalized spacial score (nSPS) is 10.7. The van der Waals surface area contributed by atoms with Crippen molar-refractivity contribution in [1.82, 2.24) is 0 Å². The van der Waals surface area contributed by atoms with Crippen LogP contribution in [-0.2, 0) is 0 Å². The van der Waals surface area contributed by atoms with Crippen LogP contribution in [0.2, 0.25) is 0 Å². The van der Waals surface area contributed by atoms with Gasteiger partial charge in [0.1, 0.15) is 12.4 Å². The first-order valence-corrected chi connectivity index (χ1v) is 5.95. The second kappa shape index (κ2) is 6.47. The van der Waals surface area contributed by atoms with Crippen molar-refractivity contribution < 1.29 is 14.1 Å². The summed E-state index contributed by atoms with van der Waals surface area (Å²) in [6.45, 7) is 0.124. The molecule has 0 aliphatic heterocycles. The van der Waals surface area contributed by atoms with E-state index >= 15 is 0 Å². The Morgan fingerprint density at radius 1 is 1.20 bits per heavy atom. The summed E-state index contributed by atoms with van der Waals surface area (Å²) in [5, 5.41) is 10.8. The zero-order valence-electron chi connectivity index (χ0n) is 10.5. The number of nitro benzene ring substituents is 1. The van der Waals surface area contributed by atoms with E-state index in [0.717, 1.165) is 23.8 Å². The van der Waals surface area contributed by atoms with Crippen molar-refractivity contribution in [2.24, 2.45) is 0 Å². The molecule has 102 valence electrons. The topological polar surface area (TPSA) is 52.4 Å². The summed E-state index contributed by atoms with van der Waals surface area (Å²) in [6.07, 6.45) is 3.54. The molecule has 4 nitrogen and oxygen atoms in total. The lowest BCUT2D eigenvalue weighted by molar-refractivity contribution is -0.385. The van der Waals surface area contributed by atoms with E-state index in [-0.39, 0.29) is 18.0 Å². The van der Waals surface area contributed by atoms with Crippen molar-refractivity contribution in [3.63, 3.8) is 0 Å². The SMILES string of the molecule is O=[N+]([O-])c1ccc(F)cc1OC/C=C/c1ccccc1. The zero-order valence-corrected chi connectivity index (χ0v) is 10.5.